The molecule has 19 atom stereocenters. The predicted octanol–water partition coefficient (Wildman–Crippen LogP) is 3.87. The molecule has 34 heteroatoms. The minimum absolute atomic E-state index is 0.00940. The van der Waals surface area contributed by atoms with Gasteiger partial charge in [-0.15, -0.1) is 0 Å². The molecule has 6 unspecified atom stereocenters. The molecule has 8 rings (SSSR count). The molecule has 4 heterocycles. The van der Waals surface area contributed by atoms with Crippen LogP contribution in [0.4, 0.5) is 0 Å². The fourth-order valence-corrected chi connectivity index (χ4v) is 17.4. The first kappa shape index (κ1) is 87.9. The van der Waals surface area contributed by atoms with Crippen molar-refractivity contribution >= 4 is 96.1 Å². The molecular formula is C74H98IN5O25S3. The average molecular weight is 1680 g/mol. The summed E-state index contributed by atoms with van der Waals surface area (Å²) in [4.78, 5) is 87.6. The van der Waals surface area contributed by atoms with Crippen molar-refractivity contribution in [2.24, 2.45) is 5.10 Å². The summed E-state index contributed by atoms with van der Waals surface area (Å²) in [5.74, 6) is 9.85. The molecule has 4 aliphatic heterocycles. The lowest BCUT2D eigenvalue weighted by Gasteiger charge is -2.47. The molecule has 3 amide bonds. The van der Waals surface area contributed by atoms with E-state index in [9.17, 15) is 64.5 Å². The number of aliphatic hydroxyl groups excluding tert-OH is 6. The summed E-state index contributed by atoms with van der Waals surface area (Å²) in [7, 11) is 6.75. The fourth-order valence-electron chi connectivity index (χ4n) is 13.2. The van der Waals surface area contributed by atoms with E-state index in [-0.39, 0.29) is 83.0 Å². The van der Waals surface area contributed by atoms with E-state index in [1.54, 1.807) is 57.7 Å². The number of likely N-dealkylation sites (N-methyl/N-ethyl adjacent to an activating group) is 1. The standard InChI is InChI=1S/C74H98IN5O25S3/c1-14-80(43(8)84)48-36-98-55(31-52(48)94-11)103-68-63(90)60(79-105-56-30-49(85)69(42(7)99-56)107-70(92)57-38(3)59(75)66(46(34-81)65(57)95-12)104-71-64(91)67(96-13)62(89)41(6)101-71)40(5)100-72(68)102-51-21-17-15-16-18-27-74(93)32-50(86)61(76-54(88)35-82)58(51)47(74)26-29-106-108-73(9,10)33-53(87)78-77-39(4)44-22-24-45(25-23-44)97-28-19-20-37(2)83/h15-16,22-26,40-42,48-49,51-52,55-56,60,62-64,67-69,71-72,79,81-82,85,89-91,93H,14,19-20,28-36H2,1-13H3,(H,76,88)(H,78,87)/t40?,41?,42?,48-,49+,51-,52+,55-,56-,60+,62-,63+,64?,67-,68?,69+,71-,72-,74?/m0/s1. The number of amides is 3. The average Bonchev–Trinajstić information content (AvgIpc) is 0.755. The van der Waals surface area contributed by atoms with Crippen LogP contribution in [0.3, 0.4) is 0 Å². The van der Waals surface area contributed by atoms with Gasteiger partial charge >= 0.3 is 0 Å². The van der Waals surface area contributed by atoms with Gasteiger partial charge in [0.05, 0.1) is 107 Å². The minimum atomic E-state index is -2.25. The van der Waals surface area contributed by atoms with Crippen molar-refractivity contribution in [3.8, 4) is 40.9 Å². The first-order chi connectivity index (χ1) is 51.3. The van der Waals surface area contributed by atoms with E-state index in [1.807, 2.05) is 55.5 Å². The Kier molecular flexibility index (Phi) is 32.7. The van der Waals surface area contributed by atoms with Gasteiger partial charge in [-0.1, -0.05) is 63.1 Å². The van der Waals surface area contributed by atoms with E-state index >= 15 is 0 Å². The first-order valence-corrected chi connectivity index (χ1v) is 39.5. The summed E-state index contributed by atoms with van der Waals surface area (Å²) in [6.45, 7) is 15.6. The second kappa shape index (κ2) is 40.2. The van der Waals surface area contributed by atoms with Crippen molar-refractivity contribution in [2.75, 3.05) is 53.4 Å². The van der Waals surface area contributed by atoms with Crippen molar-refractivity contribution in [1.82, 2.24) is 21.1 Å². The van der Waals surface area contributed by atoms with E-state index in [0.717, 1.165) is 17.3 Å². The van der Waals surface area contributed by atoms with Gasteiger partial charge in [0, 0.05) is 75.0 Å². The maximum atomic E-state index is 14.6. The highest BCUT2D eigenvalue weighted by molar-refractivity contribution is 14.1. The van der Waals surface area contributed by atoms with Crippen LogP contribution in [-0.2, 0) is 73.3 Å². The largest absolute Gasteiger partial charge is 0.495 e. The monoisotopic (exact) mass is 1680 g/mol. The maximum Gasteiger partial charge on any atom is 0.250 e. The number of hydrogen-bond acceptors (Lipinski definition) is 30. The third-order valence-corrected chi connectivity index (χ3v) is 24.6. The number of allylic oxidation sites excluding steroid dienone is 3. The Morgan fingerprint density at radius 2 is 1.58 bits per heavy atom. The Balaban J connectivity index is 1.02. The molecule has 6 aliphatic rings. The second-order valence-corrected chi connectivity index (χ2v) is 32.4. The van der Waals surface area contributed by atoms with Crippen LogP contribution in [0.2, 0.25) is 0 Å². The third kappa shape index (κ3) is 22.0. The number of benzene rings is 2. The number of halogens is 1. The molecular weight excluding hydrogens is 1580 g/mol. The van der Waals surface area contributed by atoms with Crippen LogP contribution in [0, 0.1) is 34.2 Å². The SMILES string of the molecule is CCN(C(C)=O)[C@H]1CO[C@@H](OC2[C@H](O[C@H]3C#CC=CC#CC4(O)CC(=O)C(NC(=O)CO)=C3C4=CCSSC(C)(C)CC(=O)NN=C(C)c3ccc(OCCCC(C)=O)cc3)OC(C)[C@@H](NO[C@H]3C[C@@H](O)[C@H](SC(=O)c4c(C)c(I)c(O[C@@H]5OC(C)[C@H](O)[C@H](OC)C5O)c(CO)c4OC)C(C)O3)[C@H]2O)C[C@H]1OC. The number of hydrazone groups is 1. The van der Waals surface area contributed by atoms with E-state index in [1.165, 1.54) is 68.9 Å². The highest BCUT2D eigenvalue weighted by atomic mass is 127. The number of hydrogen-bond donors (Lipinski definition) is 10. The third-order valence-electron chi connectivity index (χ3n) is 18.8. The Hall–Kier alpha value is -5.63. The molecule has 0 saturated carbocycles. The number of nitrogens with zero attached hydrogens (tertiary/aromatic N) is 2. The van der Waals surface area contributed by atoms with Gasteiger partial charge in [-0.25, -0.2) is 5.43 Å². The van der Waals surface area contributed by atoms with E-state index in [4.69, 9.17) is 56.9 Å². The molecule has 0 spiro atoms. The summed E-state index contributed by atoms with van der Waals surface area (Å²) in [6, 6.07) is 5.42. The van der Waals surface area contributed by atoms with Crippen LogP contribution in [0.5, 0.6) is 17.2 Å². The van der Waals surface area contributed by atoms with Crippen LogP contribution in [0.25, 0.3) is 0 Å². The number of Topliss-reactive ketones (excluding diaryl/α,β-unsaturated/α-hetero) is 2. The Labute approximate surface area is 653 Å². The summed E-state index contributed by atoms with van der Waals surface area (Å²) < 4.78 is 67.2. The number of rotatable bonds is 32. The lowest BCUT2D eigenvalue weighted by atomic mass is 9.75. The summed E-state index contributed by atoms with van der Waals surface area (Å²) in [6.07, 6.45) is -14.2. The quantitative estimate of drug-likeness (QED) is 0.0124. The number of carbonyl (C=O) groups excluding carboxylic acids is 6. The van der Waals surface area contributed by atoms with Gasteiger partial charge in [-0.05, 0) is 139 Å². The van der Waals surface area contributed by atoms with Crippen molar-refractivity contribution in [2.45, 2.75) is 234 Å². The van der Waals surface area contributed by atoms with Gasteiger partial charge in [0.25, 0.3) is 0 Å². The summed E-state index contributed by atoms with van der Waals surface area (Å²) in [5, 5.41) is 85.2. The molecule has 4 fully saturated rings. The molecule has 2 aromatic rings. The Morgan fingerprint density at radius 1 is 0.870 bits per heavy atom. The van der Waals surface area contributed by atoms with Crippen molar-refractivity contribution in [3.05, 3.63) is 85.2 Å². The fraction of sp³-hybridized carbons (Fsp3) is 0.608. The van der Waals surface area contributed by atoms with Crippen LogP contribution in [0.1, 0.15) is 128 Å². The van der Waals surface area contributed by atoms with Gasteiger partial charge in [0.15, 0.2) is 30.3 Å². The molecule has 108 heavy (non-hydrogen) atoms. The zero-order valence-corrected chi connectivity index (χ0v) is 67.0. The molecule has 2 aliphatic carbocycles. The minimum Gasteiger partial charge on any atom is -0.495 e. The van der Waals surface area contributed by atoms with E-state index in [0.29, 0.717) is 46.6 Å². The number of carbonyl (C=O) groups is 6. The number of methoxy groups -OCH3 is 3. The van der Waals surface area contributed by atoms with Crippen molar-refractivity contribution < 1.29 is 121 Å². The molecule has 0 aromatic heterocycles. The lowest BCUT2D eigenvalue weighted by Crippen LogP contribution is -2.65. The van der Waals surface area contributed by atoms with Gasteiger partial charge in [-0.2, -0.15) is 10.6 Å². The van der Waals surface area contributed by atoms with E-state index in [2.05, 4.69) is 45.0 Å². The number of thioether (sulfide) groups is 1. The van der Waals surface area contributed by atoms with Crippen molar-refractivity contribution in [1.29, 1.82) is 0 Å². The highest BCUT2D eigenvalue weighted by Crippen LogP contribution is 2.46. The van der Waals surface area contributed by atoms with Crippen molar-refractivity contribution in [3.63, 3.8) is 0 Å². The molecule has 30 nitrogen and oxygen atoms in total. The van der Waals surface area contributed by atoms with Gasteiger partial charge in [0.1, 0.15) is 66.3 Å². The first-order valence-electron chi connectivity index (χ1n) is 35.2. The molecule has 594 valence electrons. The van der Waals surface area contributed by atoms with Crippen LogP contribution in [-0.4, -0.2) is 254 Å². The van der Waals surface area contributed by atoms with Crippen LogP contribution in [0.15, 0.2) is 64.4 Å². The topological polar surface area (TPSA) is 406 Å². The predicted molar refractivity (Wildman–Crippen MR) is 405 cm³/mol. The number of ether oxygens (including phenoxy) is 11. The van der Waals surface area contributed by atoms with Gasteiger partial charge < -0.3 is 103 Å². The molecule has 0 radical (unpaired) electrons. The molecule has 2 bridgehead atoms. The highest BCUT2D eigenvalue weighted by Gasteiger charge is 2.53. The Morgan fingerprint density at radius 3 is 2.23 bits per heavy atom. The van der Waals surface area contributed by atoms with Crippen LogP contribution >= 0.6 is 55.9 Å². The molecule has 4 saturated heterocycles. The summed E-state index contributed by atoms with van der Waals surface area (Å²) >= 11 is 2.72. The normalized spacial score (nSPS) is 30.5. The smallest absolute Gasteiger partial charge is 0.250 e. The Bertz CT molecular complexity index is 3790. The van der Waals surface area contributed by atoms with Gasteiger partial charge in [-0.3, -0.25) is 28.8 Å². The number of hydroxylamine groups is 1. The molecule has 10 N–H and O–H groups in total. The maximum absolute atomic E-state index is 14.6. The number of aliphatic hydroxyl groups is 7. The zero-order chi connectivity index (χ0) is 79.1. The number of fused-ring (bicyclic) bond motifs is 2. The van der Waals surface area contributed by atoms with E-state index < -0.39 is 162 Å². The number of nitrogens with one attached hydrogen (secondary N) is 3. The molecule has 2 aromatic carbocycles. The zero-order valence-electron chi connectivity index (χ0n) is 62.4. The van der Waals surface area contributed by atoms with Gasteiger partial charge in [0.2, 0.25) is 29.1 Å². The lowest BCUT2D eigenvalue weighted by molar-refractivity contribution is -0.337. The number of ketones is 2. The second-order valence-electron chi connectivity index (χ2n) is 27.2. The van der Waals surface area contributed by atoms with Crippen LogP contribution < -0.4 is 30.4 Å². The summed E-state index contributed by atoms with van der Waals surface area (Å²) in [5.41, 5.74) is 4.47.